The molecule has 1 unspecified atom stereocenters. The molecule has 162 valence electrons. The van der Waals surface area contributed by atoms with Crippen LogP contribution < -0.4 is 16.8 Å². The van der Waals surface area contributed by atoms with E-state index in [0.717, 1.165) is 16.3 Å². The smallest absolute Gasteiger partial charge is 0.248 e. The van der Waals surface area contributed by atoms with Crippen LogP contribution in [0.5, 0.6) is 0 Å². The van der Waals surface area contributed by atoms with E-state index in [9.17, 15) is 14.4 Å². The number of primary amides is 1. The number of nitrogens with two attached hydrogens (primary N) is 2. The SMILES string of the molecule is CC(C)CC(CS)C(=O)[C@](N)(Cc1ccc2ccccc2c1)C(=O)N[C@@H](C)C(N)=O. The number of amides is 2. The monoisotopic (exact) mass is 429 g/mol. The van der Waals surface area contributed by atoms with Gasteiger partial charge in [0.1, 0.15) is 6.04 Å². The molecular weight excluding hydrogens is 398 g/mol. The van der Waals surface area contributed by atoms with Crippen molar-refractivity contribution in [1.29, 1.82) is 0 Å². The Morgan fingerprint density at radius 2 is 1.70 bits per heavy atom. The molecule has 0 fully saturated rings. The maximum atomic E-state index is 13.4. The minimum atomic E-state index is -1.84. The second-order valence-corrected chi connectivity index (χ2v) is 8.67. The highest BCUT2D eigenvalue weighted by Gasteiger charge is 2.45. The first-order chi connectivity index (χ1) is 14.1. The molecule has 0 saturated heterocycles. The van der Waals surface area contributed by atoms with Crippen LogP contribution in [0.4, 0.5) is 0 Å². The van der Waals surface area contributed by atoms with E-state index in [-0.39, 0.29) is 23.9 Å². The van der Waals surface area contributed by atoms with E-state index in [1.54, 1.807) is 0 Å². The van der Waals surface area contributed by atoms with Gasteiger partial charge in [0, 0.05) is 18.1 Å². The van der Waals surface area contributed by atoms with Gasteiger partial charge < -0.3 is 16.8 Å². The summed E-state index contributed by atoms with van der Waals surface area (Å²) in [5, 5.41) is 4.55. The Balaban J connectivity index is 2.43. The minimum absolute atomic E-state index is 0.0103. The Morgan fingerprint density at radius 3 is 2.27 bits per heavy atom. The van der Waals surface area contributed by atoms with Gasteiger partial charge in [-0.25, -0.2) is 0 Å². The van der Waals surface area contributed by atoms with E-state index in [1.807, 2.05) is 56.3 Å². The lowest BCUT2D eigenvalue weighted by Gasteiger charge is -2.32. The molecule has 0 aliphatic heterocycles. The number of ketones is 1. The van der Waals surface area contributed by atoms with Gasteiger partial charge in [0.2, 0.25) is 11.8 Å². The zero-order valence-corrected chi connectivity index (χ0v) is 18.6. The number of carbonyl (C=O) groups is 3. The number of carbonyl (C=O) groups excluding carboxylic acids is 3. The summed E-state index contributed by atoms with van der Waals surface area (Å²) in [7, 11) is 0. The van der Waals surface area contributed by atoms with Gasteiger partial charge in [0.05, 0.1) is 0 Å². The molecule has 2 rings (SSSR count). The standard InChI is InChI=1S/C23H31N3O3S/c1-14(2)10-19(13-30)20(27)23(25,22(29)26-15(3)21(24)28)12-16-8-9-17-6-4-5-7-18(17)11-16/h4-9,11,14-15,19,30H,10,12-13,25H2,1-3H3,(H2,24,28)(H,26,29)/t15-,19?,23+/m0/s1. The molecule has 0 radical (unpaired) electrons. The molecule has 0 aromatic heterocycles. The molecule has 0 bridgehead atoms. The average molecular weight is 430 g/mol. The molecule has 0 saturated carbocycles. The number of rotatable bonds is 10. The lowest BCUT2D eigenvalue weighted by atomic mass is 9.78. The van der Waals surface area contributed by atoms with Gasteiger partial charge >= 0.3 is 0 Å². The molecular formula is C23H31N3O3S. The zero-order valence-electron chi connectivity index (χ0n) is 17.7. The number of benzene rings is 2. The Morgan fingerprint density at radius 1 is 1.07 bits per heavy atom. The normalized spacial score (nSPS) is 15.4. The van der Waals surface area contributed by atoms with Crippen molar-refractivity contribution in [3.63, 3.8) is 0 Å². The van der Waals surface area contributed by atoms with Crippen LogP contribution in [0.1, 0.15) is 32.8 Å². The van der Waals surface area contributed by atoms with Crippen LogP contribution >= 0.6 is 12.6 Å². The first-order valence-electron chi connectivity index (χ1n) is 10.1. The number of thiol groups is 1. The van der Waals surface area contributed by atoms with Crippen molar-refractivity contribution in [3.8, 4) is 0 Å². The molecule has 5 N–H and O–H groups in total. The Labute approximate surface area is 183 Å². The molecule has 0 aliphatic carbocycles. The van der Waals surface area contributed by atoms with E-state index in [4.69, 9.17) is 11.5 Å². The second kappa shape index (κ2) is 10.1. The molecule has 0 aliphatic rings. The predicted molar refractivity (Wildman–Crippen MR) is 123 cm³/mol. The van der Waals surface area contributed by atoms with E-state index < -0.39 is 29.3 Å². The Hall–Kier alpha value is -2.38. The van der Waals surface area contributed by atoms with Crippen LogP contribution in [-0.2, 0) is 20.8 Å². The summed E-state index contributed by atoms with van der Waals surface area (Å²) in [6.07, 6.45) is 0.577. The van der Waals surface area contributed by atoms with Gasteiger partial charge in [-0.3, -0.25) is 14.4 Å². The lowest BCUT2D eigenvalue weighted by molar-refractivity contribution is -0.139. The van der Waals surface area contributed by atoms with Crippen molar-refractivity contribution in [2.45, 2.75) is 45.2 Å². The quantitative estimate of drug-likeness (QED) is 0.342. The molecule has 2 aromatic carbocycles. The van der Waals surface area contributed by atoms with Gasteiger partial charge in [-0.05, 0) is 35.6 Å². The van der Waals surface area contributed by atoms with Crippen LogP contribution in [-0.4, -0.2) is 34.9 Å². The second-order valence-electron chi connectivity index (χ2n) is 8.30. The summed E-state index contributed by atoms with van der Waals surface area (Å²) in [5.41, 5.74) is 10.7. The fourth-order valence-corrected chi connectivity index (χ4v) is 3.86. The Kier molecular flexibility index (Phi) is 8.03. The van der Waals surface area contributed by atoms with E-state index in [1.165, 1.54) is 6.92 Å². The number of Topliss-reactive ketones (excluding diaryl/α,β-unsaturated/α-hetero) is 1. The lowest BCUT2D eigenvalue weighted by Crippen LogP contribution is -2.65. The van der Waals surface area contributed by atoms with Crippen LogP contribution in [0.3, 0.4) is 0 Å². The third-order valence-corrected chi connectivity index (χ3v) is 5.70. The third kappa shape index (κ3) is 5.61. The van der Waals surface area contributed by atoms with Gasteiger partial charge in [0.25, 0.3) is 0 Å². The summed E-state index contributed by atoms with van der Waals surface area (Å²) in [4.78, 5) is 38.0. The number of nitrogens with one attached hydrogen (secondary N) is 1. The number of hydrogen-bond donors (Lipinski definition) is 4. The highest BCUT2D eigenvalue weighted by molar-refractivity contribution is 7.80. The third-order valence-electron chi connectivity index (χ3n) is 5.26. The fraction of sp³-hybridized carbons (Fsp3) is 0.435. The predicted octanol–water partition coefficient (Wildman–Crippen LogP) is 2.23. The summed E-state index contributed by atoms with van der Waals surface area (Å²) in [6.45, 7) is 5.46. The van der Waals surface area contributed by atoms with Crippen molar-refractivity contribution in [2.24, 2.45) is 23.3 Å². The van der Waals surface area contributed by atoms with E-state index in [0.29, 0.717) is 6.42 Å². The minimum Gasteiger partial charge on any atom is -0.368 e. The Bertz CT molecular complexity index is 931. The van der Waals surface area contributed by atoms with Crippen molar-refractivity contribution in [2.75, 3.05) is 5.75 Å². The largest absolute Gasteiger partial charge is 0.368 e. The number of fused-ring (bicyclic) bond motifs is 1. The molecule has 30 heavy (non-hydrogen) atoms. The summed E-state index contributed by atoms with van der Waals surface area (Å²) in [6, 6.07) is 12.6. The molecule has 0 spiro atoms. The van der Waals surface area contributed by atoms with Crippen LogP contribution in [0.15, 0.2) is 42.5 Å². The van der Waals surface area contributed by atoms with Crippen molar-refractivity contribution < 1.29 is 14.4 Å². The highest BCUT2D eigenvalue weighted by atomic mass is 32.1. The molecule has 3 atom stereocenters. The average Bonchev–Trinajstić information content (AvgIpc) is 2.70. The summed E-state index contributed by atoms with van der Waals surface area (Å²) in [5.74, 6) is -1.74. The molecule has 7 heteroatoms. The van der Waals surface area contributed by atoms with E-state index >= 15 is 0 Å². The van der Waals surface area contributed by atoms with Crippen molar-refractivity contribution in [1.82, 2.24) is 5.32 Å². The maximum Gasteiger partial charge on any atom is 0.248 e. The molecule has 0 heterocycles. The fourth-order valence-electron chi connectivity index (χ4n) is 3.54. The zero-order chi connectivity index (χ0) is 22.5. The topological polar surface area (TPSA) is 115 Å². The molecule has 2 amide bonds. The summed E-state index contributed by atoms with van der Waals surface area (Å²) < 4.78 is 0. The van der Waals surface area contributed by atoms with Gasteiger partial charge in [-0.1, -0.05) is 56.3 Å². The first kappa shape index (κ1) is 23.9. The van der Waals surface area contributed by atoms with Gasteiger partial charge in [-0.15, -0.1) is 0 Å². The first-order valence-corrected chi connectivity index (χ1v) is 10.7. The van der Waals surface area contributed by atoms with Crippen molar-refractivity contribution in [3.05, 3.63) is 48.0 Å². The highest BCUT2D eigenvalue weighted by Crippen LogP contribution is 2.25. The van der Waals surface area contributed by atoms with Gasteiger partial charge in [0.15, 0.2) is 11.3 Å². The van der Waals surface area contributed by atoms with Crippen LogP contribution in [0, 0.1) is 11.8 Å². The van der Waals surface area contributed by atoms with Crippen LogP contribution in [0.25, 0.3) is 10.8 Å². The van der Waals surface area contributed by atoms with Gasteiger partial charge in [-0.2, -0.15) is 12.6 Å². The molecule has 6 nitrogen and oxygen atoms in total. The van der Waals surface area contributed by atoms with E-state index in [2.05, 4.69) is 17.9 Å². The van der Waals surface area contributed by atoms with Crippen LogP contribution in [0.2, 0.25) is 0 Å². The van der Waals surface area contributed by atoms with Crippen molar-refractivity contribution >= 4 is 41.0 Å². The maximum absolute atomic E-state index is 13.4. The molecule has 2 aromatic rings. The summed E-state index contributed by atoms with van der Waals surface area (Å²) >= 11 is 4.32. The number of hydrogen-bond acceptors (Lipinski definition) is 5.